The van der Waals surface area contributed by atoms with Crippen LogP contribution in [0.15, 0.2) is 22.9 Å². The van der Waals surface area contributed by atoms with E-state index in [2.05, 4.69) is 20.9 Å². The van der Waals surface area contributed by atoms with E-state index in [1.807, 2.05) is 25.1 Å². The van der Waals surface area contributed by atoms with Crippen LogP contribution in [0.2, 0.25) is 0 Å². The van der Waals surface area contributed by atoms with E-state index in [0.29, 0.717) is 12.8 Å². The van der Waals surface area contributed by atoms with Crippen molar-refractivity contribution in [3.05, 3.63) is 28.5 Å². The topological polar surface area (TPSA) is 33.2 Å². The molecule has 1 rings (SSSR count). The van der Waals surface area contributed by atoms with Gasteiger partial charge in [0.1, 0.15) is 5.78 Å². The van der Waals surface area contributed by atoms with Crippen molar-refractivity contribution in [1.29, 1.82) is 0 Å². The second-order valence-corrected chi connectivity index (χ2v) is 4.70. The van der Waals surface area contributed by atoms with E-state index in [1.165, 1.54) is 0 Å². The molecule has 0 unspecified atom stereocenters. The molecule has 0 fully saturated rings. The van der Waals surface area contributed by atoms with Gasteiger partial charge in [0, 0.05) is 36.3 Å². The van der Waals surface area contributed by atoms with Gasteiger partial charge >= 0.3 is 0 Å². The smallest absolute Gasteiger partial charge is 0.138 e. The quantitative estimate of drug-likeness (QED) is 0.820. The van der Waals surface area contributed by atoms with E-state index >= 15 is 0 Å². The molecular weight excluding hydrogens is 256 g/mol. The van der Waals surface area contributed by atoms with Crippen LogP contribution in [0.4, 0.5) is 0 Å². The number of nitrogens with zero attached hydrogens (tertiary/aromatic N) is 2. The van der Waals surface area contributed by atoms with Gasteiger partial charge in [-0.2, -0.15) is 0 Å². The Bertz CT molecular complexity index is 339. The Morgan fingerprint density at radius 2 is 2.20 bits per heavy atom. The third-order valence-electron chi connectivity index (χ3n) is 2.00. The van der Waals surface area contributed by atoms with Crippen molar-refractivity contribution in [2.24, 2.45) is 0 Å². The fraction of sp³-hybridized carbons (Fsp3) is 0.455. The monoisotopic (exact) mass is 270 g/mol. The van der Waals surface area contributed by atoms with Gasteiger partial charge in [-0.3, -0.25) is 9.78 Å². The fourth-order valence-corrected chi connectivity index (χ4v) is 1.63. The number of carbonyl (C=O) groups is 1. The zero-order valence-electron chi connectivity index (χ0n) is 9.03. The molecule has 0 radical (unpaired) electrons. The van der Waals surface area contributed by atoms with Gasteiger partial charge in [-0.05, 0) is 41.7 Å². The molecule has 0 aromatic carbocycles. The number of ketones is 1. The molecule has 0 aliphatic heterocycles. The number of aromatic nitrogens is 1. The molecule has 0 atom stereocenters. The van der Waals surface area contributed by atoms with Gasteiger partial charge in [0.25, 0.3) is 0 Å². The van der Waals surface area contributed by atoms with Crippen LogP contribution >= 0.6 is 15.9 Å². The SMILES string of the molecule is CN(C)CCC(=O)Cc1cncc(Br)c1. The molecule has 0 saturated carbocycles. The molecule has 15 heavy (non-hydrogen) atoms. The number of hydrogen-bond donors (Lipinski definition) is 0. The summed E-state index contributed by atoms with van der Waals surface area (Å²) < 4.78 is 0.917. The minimum Gasteiger partial charge on any atom is -0.309 e. The van der Waals surface area contributed by atoms with Crippen LogP contribution in [-0.2, 0) is 11.2 Å². The molecular formula is C11H15BrN2O. The molecule has 3 nitrogen and oxygen atoms in total. The van der Waals surface area contributed by atoms with Gasteiger partial charge in [0.2, 0.25) is 0 Å². The zero-order valence-corrected chi connectivity index (χ0v) is 10.6. The van der Waals surface area contributed by atoms with Crippen molar-refractivity contribution in [2.45, 2.75) is 12.8 Å². The summed E-state index contributed by atoms with van der Waals surface area (Å²) in [6.07, 6.45) is 4.52. The maximum Gasteiger partial charge on any atom is 0.138 e. The van der Waals surface area contributed by atoms with Gasteiger partial charge < -0.3 is 4.90 Å². The summed E-state index contributed by atoms with van der Waals surface area (Å²) in [7, 11) is 3.93. The lowest BCUT2D eigenvalue weighted by Gasteiger charge is -2.08. The van der Waals surface area contributed by atoms with Crippen LogP contribution in [0.1, 0.15) is 12.0 Å². The van der Waals surface area contributed by atoms with E-state index < -0.39 is 0 Å². The van der Waals surface area contributed by atoms with Crippen molar-refractivity contribution < 1.29 is 4.79 Å². The Labute approximate surface area is 98.6 Å². The summed E-state index contributed by atoms with van der Waals surface area (Å²) >= 11 is 3.33. The largest absolute Gasteiger partial charge is 0.309 e. The van der Waals surface area contributed by atoms with Crippen molar-refractivity contribution in [1.82, 2.24) is 9.88 Å². The van der Waals surface area contributed by atoms with Crippen molar-refractivity contribution in [3.8, 4) is 0 Å². The maximum absolute atomic E-state index is 11.6. The predicted molar refractivity (Wildman–Crippen MR) is 63.8 cm³/mol. The summed E-state index contributed by atoms with van der Waals surface area (Å²) in [4.78, 5) is 17.6. The molecule has 0 aliphatic rings. The van der Waals surface area contributed by atoms with Crippen LogP contribution < -0.4 is 0 Å². The number of hydrogen-bond acceptors (Lipinski definition) is 3. The van der Waals surface area contributed by atoms with Crippen LogP contribution in [0.25, 0.3) is 0 Å². The van der Waals surface area contributed by atoms with E-state index in [4.69, 9.17) is 0 Å². The third kappa shape index (κ3) is 5.04. The second kappa shape index (κ2) is 5.98. The Morgan fingerprint density at radius 3 is 2.80 bits per heavy atom. The van der Waals surface area contributed by atoms with E-state index in [-0.39, 0.29) is 5.78 Å². The summed E-state index contributed by atoms with van der Waals surface area (Å²) in [6.45, 7) is 0.806. The van der Waals surface area contributed by atoms with Gasteiger partial charge in [-0.15, -0.1) is 0 Å². The van der Waals surface area contributed by atoms with E-state index in [1.54, 1.807) is 12.4 Å². The normalized spacial score (nSPS) is 10.7. The Kier molecular flexibility index (Phi) is 4.91. The van der Waals surface area contributed by atoms with Crippen molar-refractivity contribution in [3.63, 3.8) is 0 Å². The molecule has 0 bridgehead atoms. The molecule has 1 aromatic heterocycles. The average molecular weight is 271 g/mol. The molecule has 4 heteroatoms. The summed E-state index contributed by atoms with van der Waals surface area (Å²) in [6, 6.07) is 1.93. The van der Waals surface area contributed by atoms with Crippen LogP contribution in [0.3, 0.4) is 0 Å². The minimum absolute atomic E-state index is 0.253. The van der Waals surface area contributed by atoms with Crippen LogP contribution in [-0.4, -0.2) is 36.3 Å². The molecule has 82 valence electrons. The lowest BCUT2D eigenvalue weighted by atomic mass is 10.1. The molecule has 0 N–H and O–H groups in total. The van der Waals surface area contributed by atoms with Gasteiger partial charge in [-0.25, -0.2) is 0 Å². The first-order valence-electron chi connectivity index (χ1n) is 4.84. The summed E-state index contributed by atoms with van der Waals surface area (Å²) in [5, 5.41) is 0. The second-order valence-electron chi connectivity index (χ2n) is 3.78. The van der Waals surface area contributed by atoms with Gasteiger partial charge in [-0.1, -0.05) is 0 Å². The fourth-order valence-electron chi connectivity index (χ4n) is 1.22. The third-order valence-corrected chi connectivity index (χ3v) is 2.43. The van der Waals surface area contributed by atoms with Crippen molar-refractivity contribution >= 4 is 21.7 Å². The first-order valence-corrected chi connectivity index (χ1v) is 5.63. The highest BCUT2D eigenvalue weighted by molar-refractivity contribution is 9.10. The standard InChI is InChI=1S/C11H15BrN2O/c1-14(2)4-3-11(15)6-9-5-10(12)8-13-7-9/h5,7-8H,3-4,6H2,1-2H3. The highest BCUT2D eigenvalue weighted by Gasteiger charge is 2.04. The highest BCUT2D eigenvalue weighted by Crippen LogP contribution is 2.10. The minimum atomic E-state index is 0.253. The molecule has 1 aromatic rings. The Morgan fingerprint density at radius 1 is 1.47 bits per heavy atom. The van der Waals surface area contributed by atoms with Gasteiger partial charge in [0.05, 0.1) is 0 Å². The van der Waals surface area contributed by atoms with Gasteiger partial charge in [0.15, 0.2) is 0 Å². The maximum atomic E-state index is 11.6. The number of pyridine rings is 1. The van der Waals surface area contributed by atoms with E-state index in [0.717, 1.165) is 16.6 Å². The number of Topliss-reactive ketones (excluding diaryl/α,β-unsaturated/α-hetero) is 1. The van der Waals surface area contributed by atoms with Crippen molar-refractivity contribution in [2.75, 3.05) is 20.6 Å². The van der Waals surface area contributed by atoms with E-state index in [9.17, 15) is 4.79 Å². The number of rotatable bonds is 5. The molecule has 1 heterocycles. The molecule has 0 amide bonds. The Hall–Kier alpha value is -0.740. The molecule has 0 spiro atoms. The predicted octanol–water partition coefficient (Wildman–Crippen LogP) is 1.91. The van der Waals surface area contributed by atoms with Crippen LogP contribution in [0.5, 0.6) is 0 Å². The lowest BCUT2D eigenvalue weighted by Crippen LogP contribution is -2.17. The highest BCUT2D eigenvalue weighted by atomic mass is 79.9. The molecule has 0 aliphatic carbocycles. The number of halogens is 1. The molecule has 0 saturated heterocycles. The zero-order chi connectivity index (χ0) is 11.3. The number of carbonyl (C=O) groups excluding carboxylic acids is 1. The first kappa shape index (κ1) is 12.3. The summed E-state index contributed by atoms with van der Waals surface area (Å²) in [5.74, 6) is 0.253. The summed E-state index contributed by atoms with van der Waals surface area (Å²) in [5.41, 5.74) is 0.966. The average Bonchev–Trinajstić information content (AvgIpc) is 2.15. The first-order chi connectivity index (χ1) is 7.08. The lowest BCUT2D eigenvalue weighted by molar-refractivity contribution is -0.118. The van der Waals surface area contributed by atoms with Crippen LogP contribution in [0, 0.1) is 0 Å². The Balaban J connectivity index is 2.44.